The molecule has 6 nitrogen and oxygen atoms in total. The Kier molecular flexibility index (Phi) is 6.48. The van der Waals surface area contributed by atoms with Crippen molar-refractivity contribution in [3.63, 3.8) is 0 Å². The molecule has 0 fully saturated rings. The van der Waals surface area contributed by atoms with Crippen LogP contribution in [0.3, 0.4) is 0 Å². The molecule has 0 saturated heterocycles. The summed E-state index contributed by atoms with van der Waals surface area (Å²) >= 11 is 11.9. The summed E-state index contributed by atoms with van der Waals surface area (Å²) in [6.45, 7) is 0. The number of ether oxygens (including phenoxy) is 1. The number of sulfone groups is 1. The Hall–Kier alpha value is -3.21. The number of hydrogen-bond donors (Lipinski definition) is 2. The Morgan fingerprint density at radius 1 is 1.03 bits per heavy atom. The maximum atomic E-state index is 13.7. The number of benzene rings is 3. The predicted octanol–water partition coefficient (Wildman–Crippen LogP) is 6.75. The van der Waals surface area contributed by atoms with Gasteiger partial charge in [0.2, 0.25) is 9.84 Å². The third kappa shape index (κ3) is 5.09. The second kappa shape index (κ2) is 9.10. The predicted molar refractivity (Wildman–Crippen MR) is 123 cm³/mol. The van der Waals surface area contributed by atoms with E-state index in [9.17, 15) is 26.4 Å². The van der Waals surface area contributed by atoms with E-state index in [4.69, 9.17) is 33.0 Å². The van der Waals surface area contributed by atoms with Gasteiger partial charge in [0.1, 0.15) is 5.75 Å². The van der Waals surface area contributed by atoms with Crippen LogP contribution >= 0.6 is 23.2 Å². The van der Waals surface area contributed by atoms with Gasteiger partial charge in [-0.3, -0.25) is 4.79 Å². The Bertz CT molecular complexity index is 1550. The molecule has 1 aromatic heterocycles. The largest absolute Gasteiger partial charge is 0.481 e. The Morgan fingerprint density at radius 2 is 1.71 bits per heavy atom. The summed E-state index contributed by atoms with van der Waals surface area (Å²) in [5.74, 6) is -2.16. The lowest BCUT2D eigenvalue weighted by Gasteiger charge is -2.17. The van der Waals surface area contributed by atoms with Crippen molar-refractivity contribution in [1.29, 1.82) is 0 Å². The number of alkyl halides is 3. The fraction of sp³-hybridized carbons (Fsp3) is 0.0870. The molecule has 0 aliphatic carbocycles. The smallest absolute Gasteiger partial charge is 0.420 e. The van der Waals surface area contributed by atoms with Crippen LogP contribution in [0.4, 0.5) is 13.2 Å². The van der Waals surface area contributed by atoms with Crippen molar-refractivity contribution in [3.05, 3.63) is 82.0 Å². The first-order valence-corrected chi connectivity index (χ1v) is 12.0. The average molecular weight is 544 g/mol. The van der Waals surface area contributed by atoms with E-state index in [2.05, 4.69) is 4.98 Å². The topological polar surface area (TPSA) is 96.5 Å². The summed E-state index contributed by atoms with van der Waals surface area (Å²) in [4.78, 5) is 13.6. The van der Waals surface area contributed by atoms with Crippen molar-refractivity contribution < 1.29 is 36.2 Å². The zero-order valence-corrected chi connectivity index (χ0v) is 19.7. The van der Waals surface area contributed by atoms with Crippen LogP contribution in [0.1, 0.15) is 11.1 Å². The number of fused-ring (bicyclic) bond motifs is 1. The molecule has 35 heavy (non-hydrogen) atoms. The van der Waals surface area contributed by atoms with Gasteiger partial charge in [-0.05, 0) is 60.2 Å². The van der Waals surface area contributed by atoms with Crippen molar-refractivity contribution in [3.8, 4) is 11.5 Å². The lowest BCUT2D eigenvalue weighted by Crippen LogP contribution is -2.10. The number of carboxylic acids is 1. The number of rotatable bonds is 6. The number of aliphatic carboxylic acids is 1. The average Bonchev–Trinajstić information content (AvgIpc) is 3.18. The standard InChI is InChI=1S/C23H14Cl2F3NO5S/c24-13-1-4-15(5-2-13)35(32,33)20-11-29-19-6-3-14(10-16(19)20)34-22-17(23(26,27)28)7-12(8-18(22)25)9-21(30)31/h1-8,10-11,29H,9H2,(H,30,31). The van der Waals surface area contributed by atoms with Crippen molar-refractivity contribution in [1.82, 2.24) is 4.98 Å². The summed E-state index contributed by atoms with van der Waals surface area (Å²) in [7, 11) is -3.99. The highest BCUT2D eigenvalue weighted by Crippen LogP contribution is 2.44. The van der Waals surface area contributed by atoms with Crippen molar-refractivity contribution in [2.75, 3.05) is 0 Å². The van der Waals surface area contributed by atoms with Crippen LogP contribution in [0.25, 0.3) is 10.9 Å². The normalized spacial score (nSPS) is 12.1. The quantitative estimate of drug-likeness (QED) is 0.280. The molecule has 12 heteroatoms. The van der Waals surface area contributed by atoms with Crippen LogP contribution in [0.5, 0.6) is 11.5 Å². The minimum absolute atomic E-state index is 0.0226. The number of hydrogen-bond acceptors (Lipinski definition) is 4. The van der Waals surface area contributed by atoms with E-state index in [1.807, 2.05) is 0 Å². The van der Waals surface area contributed by atoms with Crippen LogP contribution in [-0.4, -0.2) is 24.5 Å². The molecule has 4 aromatic rings. The Labute approximate surface area is 206 Å². The number of nitrogens with one attached hydrogen (secondary N) is 1. The van der Waals surface area contributed by atoms with Gasteiger partial charge in [0, 0.05) is 22.1 Å². The van der Waals surface area contributed by atoms with Gasteiger partial charge in [-0.25, -0.2) is 8.42 Å². The summed E-state index contributed by atoms with van der Waals surface area (Å²) in [5, 5.41) is 9.00. The van der Waals surface area contributed by atoms with Crippen molar-refractivity contribution in [2.45, 2.75) is 22.4 Å². The Balaban J connectivity index is 1.79. The van der Waals surface area contributed by atoms with E-state index in [0.717, 1.165) is 6.07 Å². The van der Waals surface area contributed by atoms with Gasteiger partial charge in [-0.2, -0.15) is 13.2 Å². The third-order valence-electron chi connectivity index (χ3n) is 5.01. The highest BCUT2D eigenvalue weighted by Gasteiger charge is 2.36. The lowest BCUT2D eigenvalue weighted by atomic mass is 10.1. The Morgan fingerprint density at radius 3 is 2.34 bits per heavy atom. The number of H-pyrrole nitrogens is 1. The first-order chi connectivity index (χ1) is 16.4. The summed E-state index contributed by atoms with van der Waals surface area (Å²) in [6, 6.07) is 11.3. The molecule has 0 aliphatic heterocycles. The highest BCUT2D eigenvalue weighted by molar-refractivity contribution is 7.91. The molecule has 3 aromatic carbocycles. The molecule has 1 heterocycles. The molecule has 0 unspecified atom stereocenters. The van der Waals surface area contributed by atoms with Crippen LogP contribution in [0.2, 0.25) is 10.0 Å². The maximum absolute atomic E-state index is 13.7. The fourth-order valence-corrected chi connectivity index (χ4v) is 5.29. The fourth-order valence-electron chi connectivity index (χ4n) is 3.46. The molecule has 0 saturated carbocycles. The number of carbonyl (C=O) groups is 1. The molecular formula is C23H14Cl2F3NO5S. The molecule has 0 atom stereocenters. The first-order valence-electron chi connectivity index (χ1n) is 9.77. The van der Waals surface area contributed by atoms with Gasteiger partial charge < -0.3 is 14.8 Å². The number of aromatic nitrogens is 1. The zero-order chi connectivity index (χ0) is 25.5. The van der Waals surface area contributed by atoms with Crippen LogP contribution in [-0.2, 0) is 27.2 Å². The van der Waals surface area contributed by atoms with Gasteiger partial charge in [-0.15, -0.1) is 0 Å². The lowest BCUT2D eigenvalue weighted by molar-refractivity contribution is -0.139. The van der Waals surface area contributed by atoms with Crippen LogP contribution in [0, 0.1) is 0 Å². The van der Waals surface area contributed by atoms with Gasteiger partial charge in [0.25, 0.3) is 0 Å². The highest BCUT2D eigenvalue weighted by atomic mass is 35.5. The molecule has 0 radical (unpaired) electrons. The molecule has 0 aliphatic rings. The zero-order valence-electron chi connectivity index (χ0n) is 17.4. The van der Waals surface area contributed by atoms with Crippen LogP contribution < -0.4 is 4.74 Å². The first kappa shape index (κ1) is 24.9. The third-order valence-corrected chi connectivity index (χ3v) is 7.36. The van der Waals surface area contributed by atoms with Gasteiger partial charge in [-0.1, -0.05) is 23.2 Å². The molecule has 0 spiro atoms. The minimum Gasteiger partial charge on any atom is -0.481 e. The number of aromatic amines is 1. The molecule has 4 rings (SSSR count). The molecule has 2 N–H and O–H groups in total. The maximum Gasteiger partial charge on any atom is 0.420 e. The van der Waals surface area contributed by atoms with E-state index in [-0.39, 0.29) is 26.5 Å². The summed E-state index contributed by atoms with van der Waals surface area (Å²) in [5.41, 5.74) is -1.01. The summed E-state index contributed by atoms with van der Waals surface area (Å²) < 4.78 is 72.9. The van der Waals surface area contributed by atoms with E-state index < -0.39 is 44.7 Å². The van der Waals surface area contributed by atoms with Gasteiger partial charge in [0.15, 0.2) is 5.75 Å². The monoisotopic (exact) mass is 543 g/mol. The number of carboxylic acid groups (broad SMARTS) is 1. The molecule has 0 amide bonds. The van der Waals surface area contributed by atoms with E-state index in [1.165, 1.54) is 48.7 Å². The van der Waals surface area contributed by atoms with E-state index in [1.54, 1.807) is 0 Å². The molecule has 182 valence electrons. The van der Waals surface area contributed by atoms with Crippen molar-refractivity contribution in [2.24, 2.45) is 0 Å². The van der Waals surface area contributed by atoms with E-state index in [0.29, 0.717) is 16.6 Å². The van der Waals surface area contributed by atoms with Crippen molar-refractivity contribution >= 4 is 49.9 Å². The van der Waals surface area contributed by atoms with Crippen LogP contribution in [0.15, 0.2) is 70.6 Å². The molecule has 0 bridgehead atoms. The minimum atomic E-state index is -4.89. The van der Waals surface area contributed by atoms with Gasteiger partial charge >= 0.3 is 12.1 Å². The van der Waals surface area contributed by atoms with Gasteiger partial charge in [0.05, 0.1) is 26.8 Å². The second-order valence-corrected chi connectivity index (χ2v) is 10.2. The number of halogens is 5. The van der Waals surface area contributed by atoms with E-state index >= 15 is 0 Å². The second-order valence-electron chi connectivity index (χ2n) is 7.44. The SMILES string of the molecule is O=C(O)Cc1cc(Cl)c(Oc2ccc3[nH]cc(S(=O)(=O)c4ccc(Cl)cc4)c3c2)c(C(F)(F)F)c1. The molecular weight excluding hydrogens is 530 g/mol. The summed E-state index contributed by atoms with van der Waals surface area (Å²) in [6.07, 6.45) is -4.29.